The zero-order valence-electron chi connectivity index (χ0n) is 16.3. The molecule has 1 fully saturated rings. The maximum absolute atomic E-state index is 11.5. The largest absolute Gasteiger partial charge is 0.368 e. The number of benzene rings is 2. The number of amides is 1. The summed E-state index contributed by atoms with van der Waals surface area (Å²) in [7, 11) is 0. The Morgan fingerprint density at radius 3 is 2.63 bits per heavy atom. The number of aromatic amines is 2. The summed E-state index contributed by atoms with van der Waals surface area (Å²) >= 11 is 0. The lowest BCUT2D eigenvalue weighted by Crippen LogP contribution is -2.48. The number of H-pyrrole nitrogens is 2. The predicted molar refractivity (Wildman–Crippen MR) is 112 cm³/mol. The molecule has 0 aliphatic carbocycles. The van der Waals surface area contributed by atoms with Crippen LogP contribution in [-0.4, -0.2) is 62.1 Å². The number of piperazine rings is 1. The molecule has 1 aliphatic rings. The molecule has 2 aromatic carbocycles. The van der Waals surface area contributed by atoms with Crippen molar-refractivity contribution < 1.29 is 9.72 Å². The van der Waals surface area contributed by atoms with E-state index in [1.54, 1.807) is 13.0 Å². The third-order valence-electron chi connectivity index (χ3n) is 5.54. The Hall–Kier alpha value is -3.95. The van der Waals surface area contributed by atoms with Gasteiger partial charge in [-0.3, -0.25) is 20.0 Å². The third kappa shape index (κ3) is 3.02. The predicted octanol–water partition coefficient (Wildman–Crippen LogP) is 2.68. The minimum Gasteiger partial charge on any atom is -0.368 e. The van der Waals surface area contributed by atoms with Gasteiger partial charge < -0.3 is 14.8 Å². The molecule has 2 N–H and O–H groups in total. The molecule has 0 spiro atoms. The Labute approximate surface area is 170 Å². The summed E-state index contributed by atoms with van der Waals surface area (Å²) in [5.74, 6) is 0.712. The monoisotopic (exact) mass is 405 g/mol. The number of imidazole rings is 1. The van der Waals surface area contributed by atoms with Crippen molar-refractivity contribution in [1.29, 1.82) is 0 Å². The van der Waals surface area contributed by atoms with Crippen LogP contribution in [0.1, 0.15) is 6.92 Å². The SMILES string of the molecule is CC(=O)N1CCN(c2ccc3nc(-c4n[nH]c5cc([N+](=O)[O-])ccc45)[nH]c3c2)CC1. The smallest absolute Gasteiger partial charge is 0.271 e. The number of anilines is 1. The lowest BCUT2D eigenvalue weighted by atomic mass is 10.2. The van der Waals surface area contributed by atoms with E-state index in [9.17, 15) is 14.9 Å². The van der Waals surface area contributed by atoms with Crippen molar-refractivity contribution in [3.05, 3.63) is 46.5 Å². The van der Waals surface area contributed by atoms with Crippen molar-refractivity contribution in [3.8, 4) is 11.5 Å². The molecule has 30 heavy (non-hydrogen) atoms. The van der Waals surface area contributed by atoms with E-state index in [-0.39, 0.29) is 11.6 Å². The highest BCUT2D eigenvalue weighted by atomic mass is 16.6. The van der Waals surface area contributed by atoms with Crippen LogP contribution in [0.4, 0.5) is 11.4 Å². The van der Waals surface area contributed by atoms with E-state index in [4.69, 9.17) is 0 Å². The maximum Gasteiger partial charge on any atom is 0.271 e. The Morgan fingerprint density at radius 1 is 1.10 bits per heavy atom. The first-order valence-corrected chi connectivity index (χ1v) is 9.63. The molecule has 0 radical (unpaired) electrons. The molecule has 1 aliphatic heterocycles. The number of nitro groups is 1. The number of carbonyl (C=O) groups is 1. The van der Waals surface area contributed by atoms with Gasteiger partial charge in [0, 0.05) is 56.3 Å². The summed E-state index contributed by atoms with van der Waals surface area (Å²) in [6, 6.07) is 10.6. The third-order valence-corrected chi connectivity index (χ3v) is 5.54. The number of fused-ring (bicyclic) bond motifs is 2. The summed E-state index contributed by atoms with van der Waals surface area (Å²) in [4.78, 5) is 34.1. The molecular weight excluding hydrogens is 386 g/mol. The minimum atomic E-state index is -0.432. The molecule has 5 rings (SSSR count). The summed E-state index contributed by atoms with van der Waals surface area (Å²) < 4.78 is 0. The second kappa shape index (κ2) is 6.83. The fourth-order valence-electron chi connectivity index (χ4n) is 3.89. The number of hydrogen-bond acceptors (Lipinski definition) is 6. The Bertz CT molecular complexity index is 1280. The Morgan fingerprint density at radius 2 is 1.90 bits per heavy atom. The van der Waals surface area contributed by atoms with E-state index < -0.39 is 4.92 Å². The quantitative estimate of drug-likeness (QED) is 0.399. The Balaban J connectivity index is 1.45. The van der Waals surface area contributed by atoms with Crippen LogP contribution in [0, 0.1) is 10.1 Å². The molecule has 4 aromatic rings. The second-order valence-electron chi connectivity index (χ2n) is 7.34. The van der Waals surface area contributed by atoms with Crippen molar-refractivity contribution in [1.82, 2.24) is 25.1 Å². The van der Waals surface area contributed by atoms with Gasteiger partial charge in [0.15, 0.2) is 5.82 Å². The summed E-state index contributed by atoms with van der Waals surface area (Å²) in [6.45, 7) is 4.61. The van der Waals surface area contributed by atoms with Crippen LogP contribution >= 0.6 is 0 Å². The molecule has 1 amide bonds. The van der Waals surface area contributed by atoms with Crippen molar-refractivity contribution in [2.24, 2.45) is 0 Å². The van der Waals surface area contributed by atoms with Gasteiger partial charge in [0.25, 0.3) is 5.69 Å². The molecular formula is C20H19N7O3. The average Bonchev–Trinajstić information content (AvgIpc) is 3.36. The molecule has 10 heteroatoms. The van der Waals surface area contributed by atoms with Crippen LogP contribution in [0.2, 0.25) is 0 Å². The van der Waals surface area contributed by atoms with Gasteiger partial charge in [-0.15, -0.1) is 0 Å². The number of nitrogens with one attached hydrogen (secondary N) is 2. The summed E-state index contributed by atoms with van der Waals surface area (Å²) in [5, 5.41) is 18.9. The fraction of sp³-hybridized carbons (Fsp3) is 0.250. The van der Waals surface area contributed by atoms with E-state index in [2.05, 4.69) is 31.1 Å². The van der Waals surface area contributed by atoms with Gasteiger partial charge in [-0.25, -0.2) is 4.98 Å². The van der Waals surface area contributed by atoms with Gasteiger partial charge in [-0.05, 0) is 24.3 Å². The maximum atomic E-state index is 11.5. The van der Waals surface area contributed by atoms with Gasteiger partial charge in [-0.2, -0.15) is 5.10 Å². The molecule has 2 aromatic heterocycles. The highest BCUT2D eigenvalue weighted by molar-refractivity contribution is 5.94. The number of nitro benzene ring substituents is 1. The second-order valence-corrected chi connectivity index (χ2v) is 7.34. The zero-order chi connectivity index (χ0) is 20.8. The normalized spacial score (nSPS) is 14.6. The van der Waals surface area contributed by atoms with Crippen LogP contribution in [0.3, 0.4) is 0 Å². The number of nitrogens with zero attached hydrogens (tertiary/aromatic N) is 5. The van der Waals surface area contributed by atoms with Gasteiger partial charge in [0.1, 0.15) is 5.69 Å². The van der Waals surface area contributed by atoms with Gasteiger partial charge >= 0.3 is 0 Å². The highest BCUT2D eigenvalue weighted by Crippen LogP contribution is 2.30. The first-order valence-electron chi connectivity index (χ1n) is 9.63. The van der Waals surface area contributed by atoms with Crippen molar-refractivity contribution in [2.75, 3.05) is 31.1 Å². The van der Waals surface area contributed by atoms with E-state index in [1.165, 1.54) is 12.1 Å². The van der Waals surface area contributed by atoms with Crippen LogP contribution < -0.4 is 4.90 Å². The van der Waals surface area contributed by atoms with E-state index in [1.807, 2.05) is 17.0 Å². The molecule has 152 valence electrons. The van der Waals surface area contributed by atoms with E-state index >= 15 is 0 Å². The topological polar surface area (TPSA) is 124 Å². The summed E-state index contributed by atoms with van der Waals surface area (Å²) in [5.41, 5.74) is 3.99. The molecule has 0 atom stereocenters. The molecule has 10 nitrogen and oxygen atoms in total. The van der Waals surface area contributed by atoms with Crippen LogP contribution in [0.25, 0.3) is 33.5 Å². The first kappa shape index (κ1) is 18.1. The van der Waals surface area contributed by atoms with Crippen LogP contribution in [0.15, 0.2) is 36.4 Å². The minimum absolute atomic E-state index is 0.0109. The fourth-order valence-corrected chi connectivity index (χ4v) is 3.89. The van der Waals surface area contributed by atoms with Gasteiger partial charge in [0.05, 0.1) is 21.5 Å². The first-order chi connectivity index (χ1) is 14.5. The molecule has 3 heterocycles. The molecule has 1 saturated heterocycles. The number of non-ortho nitro benzene ring substituents is 1. The van der Waals surface area contributed by atoms with Crippen molar-refractivity contribution in [2.45, 2.75) is 6.92 Å². The van der Waals surface area contributed by atoms with E-state index in [0.717, 1.165) is 35.2 Å². The zero-order valence-corrected chi connectivity index (χ0v) is 16.3. The number of rotatable bonds is 3. The number of hydrogen-bond donors (Lipinski definition) is 2. The number of carbonyl (C=O) groups excluding carboxylic acids is 1. The molecule has 0 unspecified atom stereocenters. The standard InChI is InChI=1S/C20H19N7O3/c1-12(28)25-6-8-26(9-7-25)13-3-5-16-18(10-13)22-20(21-16)19-15-4-2-14(27(29)30)11-17(15)23-24-19/h2-5,10-11H,6-9H2,1H3,(H,21,22)(H,23,24). The van der Waals surface area contributed by atoms with Gasteiger partial charge in [0.2, 0.25) is 5.91 Å². The van der Waals surface area contributed by atoms with Crippen molar-refractivity contribution >= 4 is 39.2 Å². The lowest BCUT2D eigenvalue weighted by Gasteiger charge is -2.35. The number of aromatic nitrogens is 4. The van der Waals surface area contributed by atoms with Gasteiger partial charge in [-0.1, -0.05) is 0 Å². The highest BCUT2D eigenvalue weighted by Gasteiger charge is 2.20. The molecule has 0 bridgehead atoms. The van der Waals surface area contributed by atoms with E-state index in [0.29, 0.717) is 30.1 Å². The average molecular weight is 405 g/mol. The lowest BCUT2D eigenvalue weighted by molar-refractivity contribution is -0.384. The van der Waals surface area contributed by atoms with Crippen LogP contribution in [0.5, 0.6) is 0 Å². The molecule has 0 saturated carbocycles. The summed E-state index contributed by atoms with van der Waals surface area (Å²) in [6.07, 6.45) is 0. The Kier molecular flexibility index (Phi) is 4.12. The van der Waals surface area contributed by atoms with Crippen LogP contribution in [-0.2, 0) is 4.79 Å². The van der Waals surface area contributed by atoms with Crippen molar-refractivity contribution in [3.63, 3.8) is 0 Å².